The normalized spacial score (nSPS) is 14.4. The summed E-state index contributed by atoms with van der Waals surface area (Å²) in [6, 6.07) is 19.6. The highest BCUT2D eigenvalue weighted by Crippen LogP contribution is 2.34. The summed E-state index contributed by atoms with van der Waals surface area (Å²) in [4.78, 5) is 18.1. The van der Waals surface area contributed by atoms with Crippen molar-refractivity contribution in [2.24, 2.45) is 4.99 Å². The SMILES string of the molecule is Cc1nnc2n1-c1ccc(O)cc1C(c1ccc(Cl)cc1)=NC2CC(=O)NCCc1cc2cc(Br)ccc2o1. The van der Waals surface area contributed by atoms with Gasteiger partial charge in [-0.3, -0.25) is 14.4 Å². The maximum absolute atomic E-state index is 13.1. The molecule has 0 radical (unpaired) electrons. The summed E-state index contributed by atoms with van der Waals surface area (Å²) < 4.78 is 8.77. The van der Waals surface area contributed by atoms with E-state index in [1.165, 1.54) is 0 Å². The molecule has 0 saturated heterocycles. The first-order chi connectivity index (χ1) is 18.9. The molecule has 0 saturated carbocycles. The molecule has 2 aromatic heterocycles. The molecule has 1 aliphatic rings. The number of furan rings is 1. The van der Waals surface area contributed by atoms with E-state index in [9.17, 15) is 9.90 Å². The number of aliphatic imine (C=N–C) groups is 1. The molecule has 1 aliphatic heterocycles. The number of aromatic nitrogens is 3. The summed E-state index contributed by atoms with van der Waals surface area (Å²) in [6.45, 7) is 2.27. The molecule has 6 rings (SSSR count). The first kappa shape index (κ1) is 25.3. The van der Waals surface area contributed by atoms with E-state index in [0.717, 1.165) is 32.5 Å². The first-order valence-electron chi connectivity index (χ1n) is 12.4. The van der Waals surface area contributed by atoms with Gasteiger partial charge in [-0.1, -0.05) is 39.7 Å². The first-order valence-corrected chi connectivity index (χ1v) is 13.6. The average Bonchev–Trinajstić information content (AvgIpc) is 3.46. The molecule has 8 nitrogen and oxygen atoms in total. The molecule has 5 aromatic rings. The molecule has 2 N–H and O–H groups in total. The molecule has 39 heavy (non-hydrogen) atoms. The van der Waals surface area contributed by atoms with Crippen molar-refractivity contribution in [1.29, 1.82) is 0 Å². The Morgan fingerprint density at radius 3 is 2.74 bits per heavy atom. The summed E-state index contributed by atoms with van der Waals surface area (Å²) in [6.07, 6.45) is 0.629. The minimum Gasteiger partial charge on any atom is -0.508 e. The molecule has 196 valence electrons. The van der Waals surface area contributed by atoms with Gasteiger partial charge in [0.25, 0.3) is 0 Å². The van der Waals surface area contributed by atoms with E-state index in [1.807, 2.05) is 54.0 Å². The van der Waals surface area contributed by atoms with Crippen molar-refractivity contribution >= 4 is 50.1 Å². The predicted molar refractivity (Wildman–Crippen MR) is 153 cm³/mol. The van der Waals surface area contributed by atoms with Gasteiger partial charge in [0.2, 0.25) is 5.91 Å². The molecular formula is C29H23BrClN5O3. The van der Waals surface area contributed by atoms with Crippen molar-refractivity contribution in [3.63, 3.8) is 0 Å². The van der Waals surface area contributed by atoms with E-state index < -0.39 is 6.04 Å². The Bertz CT molecular complexity index is 1740. The number of amides is 1. The summed E-state index contributed by atoms with van der Waals surface area (Å²) in [5.74, 6) is 1.95. The number of phenolic OH excluding ortho intramolecular Hbond substituents is 1. The van der Waals surface area contributed by atoms with Crippen LogP contribution in [0.3, 0.4) is 0 Å². The van der Waals surface area contributed by atoms with Crippen molar-refractivity contribution < 1.29 is 14.3 Å². The van der Waals surface area contributed by atoms with E-state index in [0.29, 0.717) is 40.9 Å². The van der Waals surface area contributed by atoms with Crippen molar-refractivity contribution in [2.75, 3.05) is 6.54 Å². The molecular weight excluding hydrogens is 582 g/mol. The number of carbonyl (C=O) groups is 1. The van der Waals surface area contributed by atoms with Gasteiger partial charge in [0, 0.05) is 39.0 Å². The van der Waals surface area contributed by atoms with Gasteiger partial charge in [0.05, 0.1) is 17.8 Å². The lowest BCUT2D eigenvalue weighted by Crippen LogP contribution is -2.27. The standard InChI is InChI=1S/C29H23BrClN5O3/c1-16-34-35-29-24(15-27(38)32-11-10-22-13-18-12-19(30)4-9-26(18)39-22)33-28(17-2-5-20(31)6-3-17)23-14-21(37)7-8-25(23)36(16)29/h2-9,12-14,24,37H,10-11,15H2,1H3,(H,32,38). The number of nitrogens with zero attached hydrogens (tertiary/aromatic N) is 4. The van der Waals surface area contributed by atoms with Crippen LogP contribution in [0.4, 0.5) is 0 Å². The zero-order chi connectivity index (χ0) is 27.1. The molecule has 3 heterocycles. The number of hydrogen-bond acceptors (Lipinski definition) is 6. The topological polar surface area (TPSA) is 106 Å². The smallest absolute Gasteiger partial charge is 0.222 e. The third-order valence-corrected chi connectivity index (χ3v) is 7.37. The number of aromatic hydroxyl groups is 1. The molecule has 3 aromatic carbocycles. The second-order valence-electron chi connectivity index (χ2n) is 9.34. The van der Waals surface area contributed by atoms with Crippen LogP contribution in [-0.4, -0.2) is 38.0 Å². The van der Waals surface area contributed by atoms with Gasteiger partial charge in [0.1, 0.15) is 29.0 Å². The average molecular weight is 605 g/mol. The van der Waals surface area contributed by atoms with Crippen molar-refractivity contribution in [3.8, 4) is 11.4 Å². The summed E-state index contributed by atoms with van der Waals surface area (Å²) in [7, 11) is 0. The Balaban J connectivity index is 1.28. The predicted octanol–water partition coefficient (Wildman–Crippen LogP) is 6.08. The lowest BCUT2D eigenvalue weighted by Gasteiger charge is -2.13. The minimum atomic E-state index is -0.602. The highest BCUT2D eigenvalue weighted by Gasteiger charge is 2.30. The highest BCUT2D eigenvalue weighted by atomic mass is 79.9. The number of phenols is 1. The van der Waals surface area contributed by atoms with Crippen LogP contribution in [0, 0.1) is 6.92 Å². The number of hydrogen-bond donors (Lipinski definition) is 2. The number of aryl methyl sites for hydroxylation is 1. The maximum Gasteiger partial charge on any atom is 0.222 e. The van der Waals surface area contributed by atoms with Crippen LogP contribution in [-0.2, 0) is 11.2 Å². The molecule has 0 fully saturated rings. The Morgan fingerprint density at radius 2 is 1.92 bits per heavy atom. The summed E-state index contributed by atoms with van der Waals surface area (Å²) in [5.41, 5.74) is 3.74. The van der Waals surface area contributed by atoms with Gasteiger partial charge in [-0.2, -0.15) is 0 Å². The van der Waals surface area contributed by atoms with Crippen molar-refractivity contribution in [2.45, 2.75) is 25.8 Å². The van der Waals surface area contributed by atoms with Crippen LogP contribution in [0.15, 0.2) is 80.6 Å². The van der Waals surface area contributed by atoms with Gasteiger partial charge in [-0.15, -0.1) is 10.2 Å². The summed E-state index contributed by atoms with van der Waals surface area (Å²) in [5, 5.41) is 23.6. The number of carbonyl (C=O) groups excluding carboxylic acids is 1. The molecule has 0 aliphatic carbocycles. The fourth-order valence-corrected chi connectivity index (χ4v) is 5.33. The number of halogens is 2. The number of fused-ring (bicyclic) bond motifs is 4. The minimum absolute atomic E-state index is 0.0717. The second kappa shape index (κ2) is 10.3. The second-order valence-corrected chi connectivity index (χ2v) is 10.7. The number of nitrogens with one attached hydrogen (secondary N) is 1. The van der Waals surface area contributed by atoms with E-state index in [1.54, 1.807) is 24.3 Å². The van der Waals surface area contributed by atoms with Crippen molar-refractivity contribution in [3.05, 3.63) is 105 Å². The highest BCUT2D eigenvalue weighted by molar-refractivity contribution is 9.10. The Hall–Kier alpha value is -3.95. The van der Waals surface area contributed by atoms with Crippen LogP contribution in [0.25, 0.3) is 16.7 Å². The molecule has 1 atom stereocenters. The van der Waals surface area contributed by atoms with Gasteiger partial charge in [0.15, 0.2) is 5.82 Å². The summed E-state index contributed by atoms with van der Waals surface area (Å²) >= 11 is 9.62. The third-order valence-electron chi connectivity index (χ3n) is 6.63. The van der Waals surface area contributed by atoms with Gasteiger partial charge in [-0.25, -0.2) is 0 Å². The Morgan fingerprint density at radius 1 is 1.10 bits per heavy atom. The Kier molecular flexibility index (Phi) is 6.70. The zero-order valence-corrected chi connectivity index (χ0v) is 23.2. The molecule has 1 amide bonds. The van der Waals surface area contributed by atoms with Gasteiger partial charge < -0.3 is 14.8 Å². The maximum atomic E-state index is 13.1. The fourth-order valence-electron chi connectivity index (χ4n) is 4.82. The van der Waals surface area contributed by atoms with Crippen LogP contribution in [0.2, 0.25) is 5.02 Å². The van der Waals surface area contributed by atoms with E-state index in [-0.39, 0.29) is 18.1 Å². The van der Waals surface area contributed by atoms with Crippen molar-refractivity contribution in [1.82, 2.24) is 20.1 Å². The monoisotopic (exact) mass is 603 g/mol. The van der Waals surface area contributed by atoms with E-state index >= 15 is 0 Å². The molecule has 10 heteroatoms. The lowest BCUT2D eigenvalue weighted by molar-refractivity contribution is -0.121. The van der Waals surface area contributed by atoms with Crippen LogP contribution < -0.4 is 5.32 Å². The lowest BCUT2D eigenvalue weighted by atomic mass is 10.00. The third kappa shape index (κ3) is 5.07. The van der Waals surface area contributed by atoms with E-state index in [4.69, 9.17) is 21.0 Å². The largest absolute Gasteiger partial charge is 0.508 e. The molecule has 0 bridgehead atoms. The molecule has 1 unspecified atom stereocenters. The van der Waals surface area contributed by atoms with Gasteiger partial charge in [-0.05, 0) is 61.5 Å². The zero-order valence-electron chi connectivity index (χ0n) is 20.9. The number of benzene rings is 3. The fraction of sp³-hybridized carbons (Fsp3) is 0.172. The Labute approximate surface area is 237 Å². The van der Waals surface area contributed by atoms with Crippen LogP contribution in [0.5, 0.6) is 5.75 Å². The quantitative estimate of drug-likeness (QED) is 0.244. The van der Waals surface area contributed by atoms with Crippen LogP contribution in [0.1, 0.15) is 41.0 Å². The van der Waals surface area contributed by atoms with Crippen LogP contribution >= 0.6 is 27.5 Å². The van der Waals surface area contributed by atoms with E-state index in [2.05, 4.69) is 31.4 Å². The molecule has 0 spiro atoms. The number of rotatable bonds is 6. The van der Waals surface area contributed by atoms with Gasteiger partial charge >= 0.3 is 0 Å².